The van der Waals surface area contributed by atoms with Crippen molar-refractivity contribution in [2.75, 3.05) is 11.9 Å². The maximum atomic E-state index is 10.6. The predicted molar refractivity (Wildman–Crippen MR) is 74.7 cm³/mol. The molecule has 2 rings (SSSR count). The van der Waals surface area contributed by atoms with Gasteiger partial charge in [0.25, 0.3) is 0 Å². The molecule has 1 aromatic rings. The van der Waals surface area contributed by atoms with Crippen LogP contribution in [0.5, 0.6) is 0 Å². The number of nitrogens with one attached hydrogen (secondary N) is 1. The highest BCUT2D eigenvalue weighted by atomic mass is 16.3. The summed E-state index contributed by atoms with van der Waals surface area (Å²) in [4.78, 5) is 4.30. The molecule has 1 saturated carbocycles. The summed E-state index contributed by atoms with van der Waals surface area (Å²) in [5, 5.41) is 13.9. The van der Waals surface area contributed by atoms with Crippen LogP contribution in [0.1, 0.15) is 45.1 Å². The van der Waals surface area contributed by atoms with Crippen molar-refractivity contribution in [1.82, 2.24) is 4.98 Å². The van der Waals surface area contributed by atoms with Crippen LogP contribution in [0.4, 0.5) is 5.82 Å². The number of hydrogen-bond acceptors (Lipinski definition) is 3. The molecule has 2 N–H and O–H groups in total. The first-order valence-electron chi connectivity index (χ1n) is 6.78. The Labute approximate surface area is 110 Å². The standard InChI is InChI=1S/C15H24N2O/c1-12-5-4-10-16-13(12)17-11-15(18)8-6-14(2,3)7-9-15/h4-5,10,18H,6-9,11H2,1-3H3,(H,16,17). The van der Waals surface area contributed by atoms with Gasteiger partial charge in [-0.05, 0) is 49.7 Å². The second kappa shape index (κ2) is 4.88. The first-order chi connectivity index (χ1) is 8.40. The minimum atomic E-state index is -0.570. The average Bonchev–Trinajstić information content (AvgIpc) is 2.33. The van der Waals surface area contributed by atoms with Crippen molar-refractivity contribution in [1.29, 1.82) is 0 Å². The van der Waals surface area contributed by atoms with E-state index in [4.69, 9.17) is 0 Å². The van der Waals surface area contributed by atoms with Gasteiger partial charge in [0.05, 0.1) is 5.60 Å². The highest BCUT2D eigenvalue weighted by Crippen LogP contribution is 2.40. The van der Waals surface area contributed by atoms with Crippen molar-refractivity contribution < 1.29 is 5.11 Å². The van der Waals surface area contributed by atoms with E-state index in [9.17, 15) is 5.11 Å². The molecular weight excluding hydrogens is 224 g/mol. The third-order valence-electron chi connectivity index (χ3n) is 4.13. The van der Waals surface area contributed by atoms with Crippen molar-refractivity contribution in [3.8, 4) is 0 Å². The van der Waals surface area contributed by atoms with E-state index >= 15 is 0 Å². The molecule has 1 fully saturated rings. The molecule has 0 spiro atoms. The summed E-state index contributed by atoms with van der Waals surface area (Å²) >= 11 is 0. The molecule has 0 saturated heterocycles. The SMILES string of the molecule is Cc1cccnc1NCC1(O)CCC(C)(C)CC1. The molecule has 0 atom stereocenters. The van der Waals surface area contributed by atoms with Crippen LogP contribution in [0.2, 0.25) is 0 Å². The van der Waals surface area contributed by atoms with Crippen LogP contribution in [0.3, 0.4) is 0 Å². The zero-order valence-corrected chi connectivity index (χ0v) is 11.7. The van der Waals surface area contributed by atoms with Gasteiger partial charge in [-0.3, -0.25) is 0 Å². The minimum absolute atomic E-state index is 0.382. The summed E-state index contributed by atoms with van der Waals surface area (Å²) in [5.74, 6) is 0.885. The van der Waals surface area contributed by atoms with Gasteiger partial charge in [0, 0.05) is 12.7 Å². The summed E-state index contributed by atoms with van der Waals surface area (Å²) in [6.45, 7) is 7.19. The number of anilines is 1. The molecule has 1 aliphatic carbocycles. The van der Waals surface area contributed by atoms with Crippen LogP contribution in [0, 0.1) is 12.3 Å². The molecule has 0 unspecified atom stereocenters. The molecule has 0 bridgehead atoms. The number of nitrogens with zero attached hydrogens (tertiary/aromatic N) is 1. The van der Waals surface area contributed by atoms with Gasteiger partial charge in [-0.1, -0.05) is 19.9 Å². The molecule has 1 aliphatic rings. The summed E-state index contributed by atoms with van der Waals surface area (Å²) < 4.78 is 0. The smallest absolute Gasteiger partial charge is 0.128 e. The van der Waals surface area contributed by atoms with E-state index in [1.165, 1.54) is 0 Å². The maximum Gasteiger partial charge on any atom is 0.128 e. The molecular formula is C15H24N2O. The third kappa shape index (κ3) is 3.22. The van der Waals surface area contributed by atoms with E-state index in [-0.39, 0.29) is 0 Å². The lowest BCUT2D eigenvalue weighted by molar-refractivity contribution is -0.0145. The third-order valence-corrected chi connectivity index (χ3v) is 4.13. The van der Waals surface area contributed by atoms with Gasteiger partial charge in [-0.2, -0.15) is 0 Å². The molecule has 3 nitrogen and oxygen atoms in total. The Morgan fingerprint density at radius 1 is 1.28 bits per heavy atom. The normalized spacial score (nSPS) is 21.6. The fourth-order valence-corrected chi connectivity index (χ4v) is 2.49. The number of aliphatic hydroxyl groups is 1. The number of rotatable bonds is 3. The van der Waals surface area contributed by atoms with Gasteiger partial charge in [-0.15, -0.1) is 0 Å². The topological polar surface area (TPSA) is 45.2 Å². The lowest BCUT2D eigenvalue weighted by Gasteiger charge is -2.40. The summed E-state index contributed by atoms with van der Waals surface area (Å²) in [5.41, 5.74) is 0.935. The first-order valence-corrected chi connectivity index (χ1v) is 6.78. The monoisotopic (exact) mass is 248 g/mol. The molecule has 100 valence electrons. The second-order valence-electron chi connectivity index (χ2n) is 6.41. The van der Waals surface area contributed by atoms with Crippen molar-refractivity contribution >= 4 is 5.82 Å². The Morgan fingerprint density at radius 3 is 2.56 bits per heavy atom. The van der Waals surface area contributed by atoms with Crippen LogP contribution < -0.4 is 5.32 Å². The van der Waals surface area contributed by atoms with Crippen LogP contribution in [0.25, 0.3) is 0 Å². The molecule has 0 aromatic carbocycles. The van der Waals surface area contributed by atoms with Crippen LogP contribution >= 0.6 is 0 Å². The Morgan fingerprint density at radius 2 is 1.94 bits per heavy atom. The molecule has 0 aliphatic heterocycles. The predicted octanol–water partition coefficient (Wildman–Crippen LogP) is 3.13. The second-order valence-corrected chi connectivity index (χ2v) is 6.41. The number of aromatic nitrogens is 1. The molecule has 1 heterocycles. The van der Waals surface area contributed by atoms with E-state index < -0.39 is 5.60 Å². The van der Waals surface area contributed by atoms with E-state index in [1.807, 2.05) is 19.1 Å². The lowest BCUT2D eigenvalue weighted by atomic mass is 9.71. The van der Waals surface area contributed by atoms with E-state index in [2.05, 4.69) is 24.1 Å². The maximum absolute atomic E-state index is 10.6. The Hall–Kier alpha value is -1.09. The highest BCUT2D eigenvalue weighted by molar-refractivity contribution is 5.42. The van der Waals surface area contributed by atoms with Gasteiger partial charge >= 0.3 is 0 Å². The van der Waals surface area contributed by atoms with E-state index in [0.29, 0.717) is 12.0 Å². The minimum Gasteiger partial charge on any atom is -0.388 e. The molecule has 18 heavy (non-hydrogen) atoms. The summed E-state index contributed by atoms with van der Waals surface area (Å²) in [6.07, 6.45) is 5.71. The van der Waals surface area contributed by atoms with Crippen molar-refractivity contribution in [3.63, 3.8) is 0 Å². The highest BCUT2D eigenvalue weighted by Gasteiger charge is 2.36. The van der Waals surface area contributed by atoms with Gasteiger partial charge < -0.3 is 10.4 Å². The van der Waals surface area contributed by atoms with Crippen LogP contribution in [-0.4, -0.2) is 22.2 Å². The molecule has 1 aromatic heterocycles. The first kappa shape index (κ1) is 13.3. The fourth-order valence-electron chi connectivity index (χ4n) is 2.49. The van der Waals surface area contributed by atoms with Crippen molar-refractivity contribution in [2.45, 2.75) is 52.1 Å². The van der Waals surface area contributed by atoms with Gasteiger partial charge in [-0.25, -0.2) is 4.98 Å². The largest absolute Gasteiger partial charge is 0.388 e. The Kier molecular flexibility index (Phi) is 3.62. The Balaban J connectivity index is 1.93. The van der Waals surface area contributed by atoms with Gasteiger partial charge in [0.1, 0.15) is 5.82 Å². The summed E-state index contributed by atoms with van der Waals surface area (Å²) in [6, 6.07) is 3.96. The van der Waals surface area contributed by atoms with Crippen molar-refractivity contribution in [3.05, 3.63) is 23.9 Å². The lowest BCUT2D eigenvalue weighted by Crippen LogP contribution is -2.42. The zero-order chi connectivity index (χ0) is 13.2. The Bertz CT molecular complexity index is 405. The quantitative estimate of drug-likeness (QED) is 0.863. The zero-order valence-electron chi connectivity index (χ0n) is 11.7. The van der Waals surface area contributed by atoms with E-state index in [0.717, 1.165) is 37.1 Å². The number of aryl methyl sites for hydroxylation is 1. The summed E-state index contributed by atoms with van der Waals surface area (Å²) in [7, 11) is 0. The average molecular weight is 248 g/mol. The van der Waals surface area contributed by atoms with Gasteiger partial charge in [0.2, 0.25) is 0 Å². The molecule has 0 amide bonds. The molecule has 0 radical (unpaired) electrons. The molecule has 3 heteroatoms. The van der Waals surface area contributed by atoms with Crippen LogP contribution in [-0.2, 0) is 0 Å². The van der Waals surface area contributed by atoms with Crippen molar-refractivity contribution in [2.24, 2.45) is 5.41 Å². The van der Waals surface area contributed by atoms with E-state index in [1.54, 1.807) is 6.20 Å². The fraction of sp³-hybridized carbons (Fsp3) is 0.667. The number of pyridine rings is 1. The number of hydrogen-bond donors (Lipinski definition) is 2. The van der Waals surface area contributed by atoms with Crippen LogP contribution in [0.15, 0.2) is 18.3 Å². The van der Waals surface area contributed by atoms with Gasteiger partial charge in [0.15, 0.2) is 0 Å².